The van der Waals surface area contributed by atoms with Gasteiger partial charge in [0.1, 0.15) is 23.4 Å². The highest BCUT2D eigenvalue weighted by Gasteiger charge is 2.26. The van der Waals surface area contributed by atoms with Crippen LogP contribution in [0, 0.1) is 0 Å². The second-order valence-electron chi connectivity index (χ2n) is 8.05. The maximum Gasteiger partial charge on any atom is 0.343 e. The number of furan rings is 1. The van der Waals surface area contributed by atoms with Gasteiger partial charge in [-0.1, -0.05) is 0 Å². The van der Waals surface area contributed by atoms with Crippen molar-refractivity contribution in [3.05, 3.63) is 51.9 Å². The molecule has 0 saturated heterocycles. The predicted octanol–water partition coefficient (Wildman–Crippen LogP) is 2.35. The maximum absolute atomic E-state index is 12.8. The van der Waals surface area contributed by atoms with Crippen LogP contribution in [0.2, 0.25) is 0 Å². The van der Waals surface area contributed by atoms with Crippen LogP contribution in [0.5, 0.6) is 5.75 Å². The summed E-state index contributed by atoms with van der Waals surface area (Å²) < 4.78 is 20.2. The van der Waals surface area contributed by atoms with Crippen molar-refractivity contribution in [2.75, 3.05) is 20.2 Å². The number of carbonyl (C=O) groups is 1. The Morgan fingerprint density at radius 1 is 1.27 bits per heavy atom. The molecule has 33 heavy (non-hydrogen) atoms. The van der Waals surface area contributed by atoms with Crippen molar-refractivity contribution in [2.24, 2.45) is 7.05 Å². The molecule has 0 spiro atoms. The summed E-state index contributed by atoms with van der Waals surface area (Å²) in [5.74, 6) is 0.590. The number of esters is 1. The molecule has 0 N–H and O–H groups in total. The second kappa shape index (κ2) is 9.84. The maximum atomic E-state index is 12.8. The molecule has 0 radical (unpaired) electrons. The van der Waals surface area contributed by atoms with Crippen LogP contribution < -0.4 is 10.3 Å². The number of aromatic nitrogens is 4. The summed E-state index contributed by atoms with van der Waals surface area (Å²) in [5.41, 5.74) is 0.786. The molecule has 0 fully saturated rings. The first-order valence-electron chi connectivity index (χ1n) is 10.7. The van der Waals surface area contributed by atoms with E-state index in [0.29, 0.717) is 43.9 Å². The molecule has 1 aliphatic heterocycles. The van der Waals surface area contributed by atoms with Crippen molar-refractivity contribution >= 4 is 17.7 Å². The van der Waals surface area contributed by atoms with Gasteiger partial charge in [-0.2, -0.15) is 0 Å². The Hall–Kier alpha value is -3.05. The van der Waals surface area contributed by atoms with E-state index in [-0.39, 0.29) is 17.4 Å². The lowest BCUT2D eigenvalue weighted by Gasteiger charge is -2.18. The molecule has 10 nitrogen and oxygen atoms in total. The molecular formula is C22H27N5O5S. The fourth-order valence-electron chi connectivity index (χ4n) is 3.79. The van der Waals surface area contributed by atoms with Crippen LogP contribution in [0.1, 0.15) is 35.7 Å². The average molecular weight is 474 g/mol. The van der Waals surface area contributed by atoms with Crippen LogP contribution in [0.3, 0.4) is 0 Å². The monoisotopic (exact) mass is 473 g/mol. The van der Waals surface area contributed by atoms with Crippen LogP contribution >= 0.6 is 11.8 Å². The number of hydrogen-bond donors (Lipinski definition) is 0. The third-order valence-corrected chi connectivity index (χ3v) is 6.29. The van der Waals surface area contributed by atoms with Crippen LogP contribution in [0.15, 0.2) is 44.0 Å². The number of nitrogens with zero attached hydrogens (tertiary/aromatic N) is 5. The van der Waals surface area contributed by atoms with Crippen LogP contribution in [0.4, 0.5) is 0 Å². The van der Waals surface area contributed by atoms with E-state index >= 15 is 0 Å². The first-order valence-corrected chi connectivity index (χ1v) is 11.5. The van der Waals surface area contributed by atoms with Gasteiger partial charge >= 0.3 is 5.97 Å². The van der Waals surface area contributed by atoms with E-state index in [0.717, 1.165) is 16.0 Å². The number of aryl methyl sites for hydroxylation is 1. The zero-order valence-corrected chi connectivity index (χ0v) is 19.9. The van der Waals surface area contributed by atoms with Crippen molar-refractivity contribution in [1.82, 2.24) is 24.2 Å². The smallest absolute Gasteiger partial charge is 0.343 e. The summed E-state index contributed by atoms with van der Waals surface area (Å²) in [6.45, 7) is 6.05. The lowest BCUT2D eigenvalue weighted by molar-refractivity contribution is 0.0591. The molecule has 4 rings (SSSR count). The Bertz CT molecular complexity index is 1200. The second-order valence-corrected chi connectivity index (χ2v) is 9.02. The van der Waals surface area contributed by atoms with E-state index in [2.05, 4.69) is 15.1 Å². The van der Waals surface area contributed by atoms with Crippen molar-refractivity contribution in [1.29, 1.82) is 0 Å². The first kappa shape index (κ1) is 23.1. The molecular weight excluding hydrogens is 446 g/mol. The van der Waals surface area contributed by atoms with Gasteiger partial charge in [0.15, 0.2) is 10.2 Å². The molecule has 0 atom stereocenters. The molecule has 0 aromatic carbocycles. The SMILES string of the molecule is COC(=O)c1c(OC(C)C)cc(=O)n2c1CCN(Cc1ccc(Sc3nncn3C)o1)CC2. The summed E-state index contributed by atoms with van der Waals surface area (Å²) >= 11 is 1.41. The predicted molar refractivity (Wildman–Crippen MR) is 121 cm³/mol. The Kier molecular flexibility index (Phi) is 6.89. The molecule has 176 valence electrons. The quantitative estimate of drug-likeness (QED) is 0.478. The molecule has 0 aliphatic carbocycles. The van der Waals surface area contributed by atoms with Gasteiger partial charge in [-0.3, -0.25) is 9.69 Å². The largest absolute Gasteiger partial charge is 0.490 e. The number of ether oxygens (including phenoxy) is 2. The van der Waals surface area contributed by atoms with Crippen LogP contribution in [0.25, 0.3) is 0 Å². The molecule has 3 aromatic rings. The van der Waals surface area contributed by atoms with Crippen molar-refractivity contribution < 1.29 is 18.7 Å². The fraction of sp³-hybridized carbons (Fsp3) is 0.455. The standard InChI is InChI=1S/C22H27N5O5S/c1-14(2)31-17-11-18(28)27-10-9-26(8-7-16(27)20(17)21(29)30-4)12-15-5-6-19(32-15)33-22-24-23-13-25(22)3/h5-6,11,13-14H,7-10,12H2,1-4H3. The minimum atomic E-state index is -0.501. The first-order chi connectivity index (χ1) is 15.9. The lowest BCUT2D eigenvalue weighted by atomic mass is 10.1. The Labute approximate surface area is 195 Å². The summed E-state index contributed by atoms with van der Waals surface area (Å²) in [6, 6.07) is 5.24. The minimum absolute atomic E-state index is 0.175. The third-order valence-electron chi connectivity index (χ3n) is 5.32. The Morgan fingerprint density at radius 3 is 2.79 bits per heavy atom. The summed E-state index contributed by atoms with van der Waals surface area (Å²) in [4.78, 5) is 27.6. The van der Waals surface area contributed by atoms with E-state index in [1.165, 1.54) is 24.9 Å². The number of methoxy groups -OCH3 is 1. The number of pyridine rings is 1. The van der Waals surface area contributed by atoms with Gasteiger partial charge in [-0.15, -0.1) is 10.2 Å². The molecule has 0 unspecified atom stereocenters. The van der Waals surface area contributed by atoms with Crippen LogP contribution in [-0.4, -0.2) is 56.5 Å². The fourth-order valence-corrected chi connectivity index (χ4v) is 4.54. The molecule has 4 heterocycles. The van der Waals surface area contributed by atoms with Gasteiger partial charge in [0.2, 0.25) is 0 Å². The average Bonchev–Trinajstić information content (AvgIpc) is 3.32. The number of carbonyl (C=O) groups excluding carboxylic acids is 1. The zero-order chi connectivity index (χ0) is 23.5. The van der Waals surface area contributed by atoms with Crippen molar-refractivity contribution in [2.45, 2.75) is 49.7 Å². The lowest BCUT2D eigenvalue weighted by Crippen LogP contribution is -2.29. The number of hydrogen-bond acceptors (Lipinski definition) is 9. The molecule has 0 saturated carbocycles. The summed E-state index contributed by atoms with van der Waals surface area (Å²) in [7, 11) is 3.21. The number of fused-ring (bicyclic) bond motifs is 1. The number of rotatable bonds is 7. The summed E-state index contributed by atoms with van der Waals surface area (Å²) in [5, 5.41) is 9.42. The van der Waals surface area contributed by atoms with E-state index in [1.54, 1.807) is 10.9 Å². The molecule has 0 bridgehead atoms. The van der Waals surface area contributed by atoms with Gasteiger partial charge < -0.3 is 23.0 Å². The Balaban J connectivity index is 1.52. The van der Waals surface area contributed by atoms with E-state index in [1.807, 2.05) is 37.6 Å². The topological polar surface area (TPSA) is 105 Å². The Morgan fingerprint density at radius 2 is 2.09 bits per heavy atom. The van der Waals surface area contributed by atoms with Gasteiger partial charge in [-0.05, 0) is 37.7 Å². The van der Waals surface area contributed by atoms with E-state index in [9.17, 15) is 9.59 Å². The minimum Gasteiger partial charge on any atom is -0.490 e. The zero-order valence-electron chi connectivity index (χ0n) is 19.1. The van der Waals surface area contributed by atoms with Crippen LogP contribution in [-0.2, 0) is 31.3 Å². The molecule has 3 aromatic heterocycles. The normalized spacial score (nSPS) is 14.2. The molecule has 1 aliphatic rings. The van der Waals surface area contributed by atoms with Gasteiger partial charge in [0.25, 0.3) is 5.56 Å². The van der Waals surface area contributed by atoms with Gasteiger partial charge in [-0.25, -0.2) is 4.79 Å². The third kappa shape index (κ3) is 5.14. The molecule has 11 heteroatoms. The highest BCUT2D eigenvalue weighted by atomic mass is 32.2. The highest BCUT2D eigenvalue weighted by molar-refractivity contribution is 7.99. The summed E-state index contributed by atoms with van der Waals surface area (Å²) in [6.07, 6.45) is 1.98. The molecule has 0 amide bonds. The van der Waals surface area contributed by atoms with E-state index in [4.69, 9.17) is 13.9 Å². The van der Waals surface area contributed by atoms with Crippen molar-refractivity contribution in [3.63, 3.8) is 0 Å². The van der Waals surface area contributed by atoms with Gasteiger partial charge in [0, 0.05) is 44.9 Å². The van der Waals surface area contributed by atoms with E-state index < -0.39 is 5.97 Å². The van der Waals surface area contributed by atoms with Gasteiger partial charge in [0.05, 0.1) is 19.8 Å². The highest BCUT2D eigenvalue weighted by Crippen LogP contribution is 2.28. The van der Waals surface area contributed by atoms with Crippen molar-refractivity contribution in [3.8, 4) is 5.75 Å².